The minimum Gasteiger partial charge on any atom is -0.488 e. The summed E-state index contributed by atoms with van der Waals surface area (Å²) in [5.74, 6) is -2.57. The van der Waals surface area contributed by atoms with Crippen LogP contribution in [0.5, 0.6) is 5.75 Å². The van der Waals surface area contributed by atoms with Crippen LogP contribution in [0.2, 0.25) is 10.0 Å². The van der Waals surface area contributed by atoms with Gasteiger partial charge < -0.3 is 4.74 Å². The van der Waals surface area contributed by atoms with Crippen LogP contribution in [0.1, 0.15) is 29.6 Å². The lowest BCUT2D eigenvalue weighted by Crippen LogP contribution is -2.35. The highest BCUT2D eigenvalue weighted by atomic mass is 35.5. The van der Waals surface area contributed by atoms with E-state index < -0.39 is 11.7 Å². The van der Waals surface area contributed by atoms with Gasteiger partial charge in [0.25, 0.3) is 0 Å². The maximum atomic E-state index is 12.7. The zero-order chi connectivity index (χ0) is 18.7. The van der Waals surface area contributed by atoms with Crippen LogP contribution in [0.25, 0.3) is 0 Å². The number of carbonyl (C=O) groups excluding carboxylic acids is 3. The van der Waals surface area contributed by atoms with Crippen LogP contribution in [0.4, 0.5) is 0 Å². The third-order valence-electron chi connectivity index (χ3n) is 4.00. The molecule has 0 bridgehead atoms. The van der Waals surface area contributed by atoms with Crippen molar-refractivity contribution in [3.63, 3.8) is 0 Å². The molecule has 0 N–H and O–H groups in total. The predicted molar refractivity (Wildman–Crippen MR) is 91.5 cm³/mol. The van der Waals surface area contributed by atoms with E-state index in [0.29, 0.717) is 13.0 Å². The molecular formula is C16H14Cl2N4O4. The Morgan fingerprint density at radius 1 is 1.23 bits per heavy atom. The van der Waals surface area contributed by atoms with Gasteiger partial charge in [-0.3, -0.25) is 14.4 Å². The van der Waals surface area contributed by atoms with E-state index in [0.717, 1.165) is 0 Å². The van der Waals surface area contributed by atoms with Crippen LogP contribution in [-0.4, -0.2) is 44.2 Å². The summed E-state index contributed by atoms with van der Waals surface area (Å²) in [6.45, 7) is 0.430. The van der Waals surface area contributed by atoms with Gasteiger partial charge in [0.2, 0.25) is 0 Å². The van der Waals surface area contributed by atoms with Gasteiger partial charge in [-0.25, -0.2) is 0 Å². The molecule has 0 aliphatic heterocycles. The van der Waals surface area contributed by atoms with Gasteiger partial charge in [0, 0.05) is 18.4 Å². The molecule has 0 saturated heterocycles. The molecule has 1 aromatic heterocycles. The second-order valence-electron chi connectivity index (χ2n) is 5.70. The molecule has 2 aromatic rings. The molecule has 10 heteroatoms. The van der Waals surface area contributed by atoms with Gasteiger partial charge in [-0.15, -0.1) is 10.2 Å². The Balaban J connectivity index is 1.80. The van der Waals surface area contributed by atoms with Gasteiger partial charge in [0.1, 0.15) is 12.5 Å². The first-order valence-electron chi connectivity index (χ1n) is 7.90. The van der Waals surface area contributed by atoms with E-state index in [9.17, 15) is 14.4 Å². The molecule has 0 radical (unpaired) electrons. The van der Waals surface area contributed by atoms with Crippen LogP contribution in [0.3, 0.4) is 0 Å². The van der Waals surface area contributed by atoms with Crippen molar-refractivity contribution >= 4 is 40.6 Å². The van der Waals surface area contributed by atoms with Crippen molar-refractivity contribution in [1.29, 1.82) is 0 Å². The summed E-state index contributed by atoms with van der Waals surface area (Å²) in [6, 6.07) is 2.84. The zero-order valence-corrected chi connectivity index (χ0v) is 15.0. The fourth-order valence-electron chi connectivity index (χ4n) is 2.73. The summed E-state index contributed by atoms with van der Waals surface area (Å²) in [5, 5.41) is 11.3. The summed E-state index contributed by atoms with van der Waals surface area (Å²) in [7, 11) is 0. The molecule has 1 heterocycles. The number of rotatable bonds is 6. The Bertz CT molecular complexity index is 838. The van der Waals surface area contributed by atoms with Gasteiger partial charge in [-0.2, -0.15) is 4.80 Å². The normalized spacial score (nSPS) is 15.3. The average molecular weight is 397 g/mol. The van der Waals surface area contributed by atoms with E-state index >= 15 is 0 Å². The maximum absolute atomic E-state index is 12.7. The van der Waals surface area contributed by atoms with Crippen molar-refractivity contribution in [2.45, 2.75) is 25.8 Å². The molecule has 0 spiro atoms. The van der Waals surface area contributed by atoms with E-state index in [-0.39, 0.29) is 52.4 Å². The van der Waals surface area contributed by atoms with Crippen LogP contribution >= 0.6 is 23.2 Å². The average Bonchev–Trinajstić information content (AvgIpc) is 3.11. The molecule has 3 rings (SSSR count). The van der Waals surface area contributed by atoms with Gasteiger partial charge in [-0.05, 0) is 23.8 Å². The van der Waals surface area contributed by atoms with Gasteiger partial charge >= 0.3 is 0 Å². The lowest BCUT2D eigenvalue weighted by atomic mass is 9.81. The molecule has 1 saturated carbocycles. The summed E-state index contributed by atoms with van der Waals surface area (Å²) < 4.78 is 5.56. The summed E-state index contributed by atoms with van der Waals surface area (Å²) >= 11 is 12.4. The van der Waals surface area contributed by atoms with E-state index in [4.69, 9.17) is 27.9 Å². The maximum Gasteiger partial charge on any atom is 0.182 e. The number of nitrogens with zero attached hydrogens (tertiary/aromatic N) is 4. The van der Waals surface area contributed by atoms with E-state index in [1.165, 1.54) is 23.3 Å². The fourth-order valence-corrected chi connectivity index (χ4v) is 3.30. The third-order valence-corrected chi connectivity index (χ3v) is 4.67. The number of ether oxygens (including phenoxy) is 1. The minimum atomic E-state index is -1.30. The fraction of sp³-hybridized carbons (Fsp3) is 0.375. The highest BCUT2D eigenvalue weighted by molar-refractivity contribution is 6.40. The number of benzene rings is 1. The number of carbonyl (C=O) groups is 3. The first kappa shape index (κ1) is 18.5. The van der Waals surface area contributed by atoms with Crippen molar-refractivity contribution in [1.82, 2.24) is 20.2 Å². The predicted octanol–water partition coefficient (Wildman–Crippen LogP) is 2.18. The van der Waals surface area contributed by atoms with Crippen molar-refractivity contribution in [3.8, 4) is 5.75 Å². The zero-order valence-electron chi connectivity index (χ0n) is 13.5. The van der Waals surface area contributed by atoms with E-state index in [2.05, 4.69) is 15.4 Å². The van der Waals surface area contributed by atoms with Crippen LogP contribution in [0.15, 0.2) is 18.5 Å². The van der Waals surface area contributed by atoms with Crippen molar-refractivity contribution in [2.24, 2.45) is 5.92 Å². The standard InChI is InChI=1S/C16H14Cl2N4O4/c17-10-5-4-9(15(25)13-11(23)2-1-3-12(13)24)14(18)16(10)26-7-6-22-20-8-19-21-22/h4-5,8,13H,1-3,6-7H2. The lowest BCUT2D eigenvalue weighted by Gasteiger charge is -2.19. The highest BCUT2D eigenvalue weighted by Crippen LogP contribution is 2.37. The SMILES string of the molecule is O=C1CCCC(=O)C1C(=O)c1ccc(Cl)c(OCCn2ncnn2)c1Cl. The second kappa shape index (κ2) is 7.92. The summed E-state index contributed by atoms with van der Waals surface area (Å²) in [4.78, 5) is 38.1. The van der Waals surface area contributed by atoms with Crippen LogP contribution in [0, 0.1) is 5.92 Å². The van der Waals surface area contributed by atoms with Crippen molar-refractivity contribution in [2.75, 3.05) is 6.61 Å². The largest absolute Gasteiger partial charge is 0.488 e. The lowest BCUT2D eigenvalue weighted by molar-refractivity contribution is -0.133. The Labute approximate surface area is 158 Å². The molecule has 1 aliphatic carbocycles. The molecule has 8 nitrogen and oxygen atoms in total. The van der Waals surface area contributed by atoms with Crippen molar-refractivity contribution in [3.05, 3.63) is 34.1 Å². The second-order valence-corrected chi connectivity index (χ2v) is 6.49. The summed E-state index contributed by atoms with van der Waals surface area (Å²) in [6.07, 6.45) is 2.18. The van der Waals surface area contributed by atoms with Crippen molar-refractivity contribution < 1.29 is 19.1 Å². The Morgan fingerprint density at radius 2 is 1.96 bits per heavy atom. The number of tetrazole rings is 1. The molecular weight excluding hydrogens is 383 g/mol. The van der Waals surface area contributed by atoms with Gasteiger partial charge in [-0.1, -0.05) is 23.2 Å². The van der Waals surface area contributed by atoms with E-state index in [1.54, 1.807) is 0 Å². The Kier molecular flexibility index (Phi) is 5.63. The molecule has 1 aliphatic rings. The molecule has 0 unspecified atom stereocenters. The Morgan fingerprint density at radius 3 is 2.62 bits per heavy atom. The highest BCUT2D eigenvalue weighted by Gasteiger charge is 2.37. The first-order chi connectivity index (χ1) is 12.5. The first-order valence-corrected chi connectivity index (χ1v) is 8.66. The number of hydrogen-bond donors (Lipinski definition) is 0. The summed E-state index contributed by atoms with van der Waals surface area (Å²) in [5.41, 5.74) is 0.0403. The number of ketones is 3. The van der Waals surface area contributed by atoms with Gasteiger partial charge in [0.05, 0.1) is 16.6 Å². The number of hydrogen-bond acceptors (Lipinski definition) is 7. The number of Topliss-reactive ketones (excluding diaryl/α,β-unsaturated/α-hetero) is 3. The van der Waals surface area contributed by atoms with E-state index in [1.807, 2.05) is 0 Å². The molecule has 1 fully saturated rings. The number of halogens is 2. The smallest absolute Gasteiger partial charge is 0.182 e. The van der Waals surface area contributed by atoms with Gasteiger partial charge in [0.15, 0.2) is 29.4 Å². The monoisotopic (exact) mass is 396 g/mol. The molecule has 1 aromatic carbocycles. The number of aromatic nitrogens is 4. The topological polar surface area (TPSA) is 104 Å². The molecule has 0 atom stereocenters. The molecule has 136 valence electrons. The quantitative estimate of drug-likeness (QED) is 0.544. The molecule has 0 amide bonds. The third kappa shape index (κ3) is 3.76. The molecule has 26 heavy (non-hydrogen) atoms. The van der Waals surface area contributed by atoms with Crippen LogP contribution in [-0.2, 0) is 16.1 Å². The Hall–Kier alpha value is -2.32. The minimum absolute atomic E-state index is 0.0276. The van der Waals surface area contributed by atoms with Crippen LogP contribution < -0.4 is 4.74 Å².